The van der Waals surface area contributed by atoms with Crippen molar-refractivity contribution >= 4 is 11.6 Å². The van der Waals surface area contributed by atoms with Gasteiger partial charge in [0.25, 0.3) is 5.91 Å². The van der Waals surface area contributed by atoms with Crippen molar-refractivity contribution in [3.63, 3.8) is 0 Å². The lowest BCUT2D eigenvalue weighted by molar-refractivity contribution is 0.0984. The Labute approximate surface area is 180 Å². The van der Waals surface area contributed by atoms with Gasteiger partial charge in [0.2, 0.25) is 0 Å². The van der Waals surface area contributed by atoms with Crippen LogP contribution in [0.1, 0.15) is 44.1 Å². The van der Waals surface area contributed by atoms with Crippen LogP contribution in [0, 0.1) is 11.3 Å². The highest BCUT2D eigenvalue weighted by Gasteiger charge is 2.61. The Bertz CT molecular complexity index is 1370. The predicted molar refractivity (Wildman–Crippen MR) is 120 cm³/mol. The summed E-state index contributed by atoms with van der Waals surface area (Å²) in [4.78, 5) is 15.8. The molecule has 0 fully saturated rings. The second-order valence-electron chi connectivity index (χ2n) is 8.04. The third kappa shape index (κ3) is 2.19. The zero-order chi connectivity index (χ0) is 21.0. The van der Waals surface area contributed by atoms with E-state index in [0.29, 0.717) is 5.56 Å². The molecule has 3 nitrogen and oxygen atoms in total. The van der Waals surface area contributed by atoms with Gasteiger partial charge >= 0.3 is 0 Å². The summed E-state index contributed by atoms with van der Waals surface area (Å²) in [6.07, 6.45) is 0. The monoisotopic (exact) mass is 398 g/mol. The maximum Gasteiger partial charge on any atom is 0.259 e. The van der Waals surface area contributed by atoms with Crippen LogP contribution in [0.3, 0.4) is 0 Å². The minimum atomic E-state index is -0.674. The van der Waals surface area contributed by atoms with Gasteiger partial charge in [-0.1, -0.05) is 78.9 Å². The summed E-state index contributed by atoms with van der Waals surface area (Å²) in [6.45, 7) is 0. The van der Waals surface area contributed by atoms with Crippen LogP contribution in [0.2, 0.25) is 0 Å². The molecule has 3 heteroatoms. The van der Waals surface area contributed by atoms with Crippen LogP contribution in [-0.2, 0) is 5.54 Å². The van der Waals surface area contributed by atoms with Gasteiger partial charge in [-0.3, -0.25) is 9.69 Å². The molecule has 6 rings (SSSR count). The van der Waals surface area contributed by atoms with E-state index in [1.54, 1.807) is 0 Å². The average Bonchev–Trinajstić information content (AvgIpc) is 3.29. The van der Waals surface area contributed by atoms with E-state index in [-0.39, 0.29) is 11.8 Å². The molecule has 0 aliphatic carbocycles. The van der Waals surface area contributed by atoms with Crippen molar-refractivity contribution in [2.75, 3.05) is 4.90 Å². The first-order valence-electron chi connectivity index (χ1n) is 10.4. The number of nitrogens with zero attached hydrogens (tertiary/aromatic N) is 2. The molecule has 0 radical (unpaired) electrons. The number of rotatable bonds is 2. The summed E-state index contributed by atoms with van der Waals surface area (Å²) in [7, 11) is 0. The maximum absolute atomic E-state index is 13.8. The number of anilines is 1. The van der Waals surface area contributed by atoms with Gasteiger partial charge in [-0.2, -0.15) is 5.26 Å². The number of hydrogen-bond donors (Lipinski definition) is 0. The van der Waals surface area contributed by atoms with E-state index in [0.717, 1.165) is 33.5 Å². The quantitative estimate of drug-likeness (QED) is 0.441. The van der Waals surface area contributed by atoms with Crippen molar-refractivity contribution in [2.24, 2.45) is 0 Å². The van der Waals surface area contributed by atoms with E-state index in [2.05, 4.69) is 30.3 Å². The summed E-state index contributed by atoms with van der Waals surface area (Å²) in [6, 6.07) is 36.4. The number of fused-ring (bicyclic) bond motifs is 5. The van der Waals surface area contributed by atoms with Gasteiger partial charge in [-0.25, -0.2) is 0 Å². The molecular formula is C28H18N2O. The summed E-state index contributed by atoms with van der Waals surface area (Å²) >= 11 is 0. The molecule has 2 aliphatic rings. The molecule has 2 heterocycles. The first kappa shape index (κ1) is 17.7. The van der Waals surface area contributed by atoms with E-state index in [1.807, 2.05) is 83.8 Å². The van der Waals surface area contributed by atoms with Crippen molar-refractivity contribution in [1.29, 1.82) is 5.26 Å². The zero-order valence-corrected chi connectivity index (χ0v) is 16.7. The Morgan fingerprint density at radius 3 is 2.23 bits per heavy atom. The molecular weight excluding hydrogens is 380 g/mol. The van der Waals surface area contributed by atoms with Gasteiger partial charge in [0.15, 0.2) is 0 Å². The van der Waals surface area contributed by atoms with Crippen molar-refractivity contribution in [2.45, 2.75) is 11.5 Å². The number of hydrogen-bond acceptors (Lipinski definition) is 2. The van der Waals surface area contributed by atoms with E-state index >= 15 is 0 Å². The summed E-state index contributed by atoms with van der Waals surface area (Å²) in [5, 5.41) is 9.29. The Morgan fingerprint density at radius 2 is 1.45 bits per heavy atom. The Kier molecular flexibility index (Phi) is 3.66. The number of para-hydroxylation sites is 1. The van der Waals surface area contributed by atoms with E-state index in [1.165, 1.54) is 0 Å². The molecule has 2 atom stereocenters. The summed E-state index contributed by atoms with van der Waals surface area (Å²) < 4.78 is 0. The largest absolute Gasteiger partial charge is 0.293 e. The van der Waals surface area contributed by atoms with Crippen LogP contribution in [-0.4, -0.2) is 5.91 Å². The zero-order valence-electron chi connectivity index (χ0n) is 16.7. The fraction of sp³-hybridized carbons (Fsp3) is 0.0714. The first-order chi connectivity index (χ1) is 15.3. The number of nitriles is 1. The molecule has 4 aromatic rings. The van der Waals surface area contributed by atoms with E-state index in [9.17, 15) is 10.1 Å². The normalized spacial score (nSPS) is 20.7. The lowest BCUT2D eigenvalue weighted by Crippen LogP contribution is -2.45. The van der Waals surface area contributed by atoms with Gasteiger partial charge in [0, 0.05) is 17.2 Å². The molecule has 0 unspecified atom stereocenters. The number of benzene rings is 4. The highest BCUT2D eigenvalue weighted by molar-refractivity contribution is 6.15. The van der Waals surface area contributed by atoms with Gasteiger partial charge in [0.05, 0.1) is 11.6 Å². The molecule has 146 valence electrons. The molecule has 4 aromatic carbocycles. The second-order valence-corrected chi connectivity index (χ2v) is 8.04. The minimum absolute atomic E-state index is 0.0306. The SMILES string of the molecule is N#Cc1ccc([C@@H]2c3ccccc3N3C(=O)c4ccccc4[C@]23c2ccccc2)cc1. The second kappa shape index (κ2) is 6.42. The molecule has 0 N–H and O–H groups in total. The van der Waals surface area contributed by atoms with Crippen LogP contribution < -0.4 is 4.90 Å². The molecule has 2 aliphatic heterocycles. The predicted octanol–water partition coefficient (Wildman–Crippen LogP) is 5.61. The average molecular weight is 398 g/mol. The molecule has 0 aromatic heterocycles. The summed E-state index contributed by atoms with van der Waals surface area (Å²) in [5.74, 6) is -0.0607. The highest BCUT2D eigenvalue weighted by atomic mass is 16.2. The van der Waals surface area contributed by atoms with Gasteiger partial charge in [0.1, 0.15) is 5.54 Å². The Hall–Kier alpha value is -4.16. The lowest BCUT2D eigenvalue weighted by atomic mass is 9.70. The highest BCUT2D eigenvalue weighted by Crippen LogP contribution is 2.62. The van der Waals surface area contributed by atoms with Crippen molar-refractivity contribution in [1.82, 2.24) is 0 Å². The van der Waals surface area contributed by atoms with Crippen LogP contribution >= 0.6 is 0 Å². The molecule has 0 spiro atoms. The van der Waals surface area contributed by atoms with Gasteiger partial charge in [-0.05, 0) is 46.5 Å². The maximum atomic E-state index is 13.8. The lowest BCUT2D eigenvalue weighted by Gasteiger charge is -2.39. The van der Waals surface area contributed by atoms with Crippen molar-refractivity contribution < 1.29 is 4.79 Å². The fourth-order valence-corrected chi connectivity index (χ4v) is 5.46. The van der Waals surface area contributed by atoms with E-state index < -0.39 is 5.54 Å². The van der Waals surface area contributed by atoms with Crippen LogP contribution in [0.4, 0.5) is 5.69 Å². The van der Waals surface area contributed by atoms with Crippen LogP contribution in [0.5, 0.6) is 0 Å². The number of carbonyl (C=O) groups excluding carboxylic acids is 1. The topological polar surface area (TPSA) is 44.1 Å². The van der Waals surface area contributed by atoms with Crippen molar-refractivity contribution in [3.8, 4) is 6.07 Å². The standard InChI is InChI=1S/C28H18N2O/c29-18-19-14-16-20(17-15-19)26-23-11-5-7-13-25(23)30-27(31)22-10-4-6-12-24(22)28(26,30)21-8-2-1-3-9-21/h1-17,26H/t26-,28-/m1/s1. The smallest absolute Gasteiger partial charge is 0.259 e. The minimum Gasteiger partial charge on any atom is -0.293 e. The van der Waals surface area contributed by atoms with Gasteiger partial charge in [-0.15, -0.1) is 0 Å². The molecule has 0 bridgehead atoms. The molecule has 0 saturated carbocycles. The first-order valence-corrected chi connectivity index (χ1v) is 10.4. The molecule has 1 amide bonds. The number of amides is 1. The summed E-state index contributed by atoms with van der Waals surface area (Å²) in [5.41, 5.74) is 5.97. The molecule has 0 saturated heterocycles. The Balaban J connectivity index is 1.74. The Morgan fingerprint density at radius 1 is 0.774 bits per heavy atom. The van der Waals surface area contributed by atoms with Gasteiger partial charge < -0.3 is 0 Å². The third-order valence-corrected chi connectivity index (χ3v) is 6.62. The number of carbonyl (C=O) groups is 1. The fourth-order valence-electron chi connectivity index (χ4n) is 5.46. The van der Waals surface area contributed by atoms with Crippen LogP contribution in [0.15, 0.2) is 103 Å². The van der Waals surface area contributed by atoms with E-state index in [4.69, 9.17) is 0 Å². The van der Waals surface area contributed by atoms with Crippen molar-refractivity contribution in [3.05, 3.63) is 137 Å². The molecule has 31 heavy (non-hydrogen) atoms. The van der Waals surface area contributed by atoms with Crippen LogP contribution in [0.25, 0.3) is 0 Å². The third-order valence-electron chi connectivity index (χ3n) is 6.62.